The molecule has 3 aromatic carbocycles. The normalized spacial score (nSPS) is 10.9. The number of carbonyl (C=O) groups excluding carboxylic acids is 2. The minimum atomic E-state index is -0.481. The molecule has 0 saturated carbocycles. The molecule has 0 aliphatic heterocycles. The van der Waals surface area contributed by atoms with Crippen molar-refractivity contribution in [2.24, 2.45) is 5.73 Å². The average molecular weight is 419 g/mol. The van der Waals surface area contributed by atoms with Crippen LogP contribution in [0.15, 0.2) is 72.9 Å². The van der Waals surface area contributed by atoms with Crippen LogP contribution in [0.5, 0.6) is 0 Å². The Labute approximate surface area is 178 Å². The Morgan fingerprint density at radius 1 is 1.03 bits per heavy atom. The van der Waals surface area contributed by atoms with Crippen LogP contribution < -0.4 is 5.73 Å². The average Bonchev–Trinajstić information content (AvgIpc) is 3.17. The first-order valence-corrected chi connectivity index (χ1v) is 9.69. The first kappa shape index (κ1) is 19.7. The van der Waals surface area contributed by atoms with E-state index in [4.69, 9.17) is 17.3 Å². The largest absolute Gasteiger partial charge is 0.366 e. The van der Waals surface area contributed by atoms with Crippen LogP contribution in [0, 0.1) is 0 Å². The van der Waals surface area contributed by atoms with Crippen LogP contribution in [0.4, 0.5) is 0 Å². The molecule has 0 atom stereocenters. The number of rotatable bonds is 5. The Bertz CT molecular complexity index is 1250. The van der Waals surface area contributed by atoms with Gasteiger partial charge in [0.1, 0.15) is 0 Å². The molecular weight excluding hydrogens is 400 g/mol. The smallest absolute Gasteiger partial charge is 0.253 e. The van der Waals surface area contributed by atoms with E-state index in [0.29, 0.717) is 28.4 Å². The summed E-state index contributed by atoms with van der Waals surface area (Å²) in [7, 11) is 1.72. The van der Waals surface area contributed by atoms with Gasteiger partial charge in [-0.2, -0.15) is 5.10 Å². The number of para-hydroxylation sites is 1. The standard InChI is InChI=1S/C23H19ClN4O2/c1-27(14-15-6-8-16(9-7-15)22(25)29)23(30)17-10-11-21(19(24)12-17)28-20-5-3-2-4-18(20)13-26-28/h2-13H,14H2,1H3,(H2,25,29). The van der Waals surface area contributed by atoms with Crippen molar-refractivity contribution in [3.8, 4) is 5.69 Å². The van der Waals surface area contributed by atoms with Gasteiger partial charge in [0.15, 0.2) is 0 Å². The van der Waals surface area contributed by atoms with Crippen LogP contribution >= 0.6 is 11.6 Å². The molecule has 0 aliphatic rings. The lowest BCUT2D eigenvalue weighted by molar-refractivity contribution is 0.0784. The molecule has 1 aromatic heterocycles. The predicted octanol–water partition coefficient (Wildman–Crippen LogP) is 4.05. The minimum Gasteiger partial charge on any atom is -0.366 e. The van der Waals surface area contributed by atoms with Crippen LogP contribution in [0.1, 0.15) is 26.3 Å². The van der Waals surface area contributed by atoms with E-state index in [1.54, 1.807) is 65.3 Å². The summed E-state index contributed by atoms with van der Waals surface area (Å²) in [6.45, 7) is 0.390. The zero-order valence-corrected chi connectivity index (χ0v) is 17.0. The quantitative estimate of drug-likeness (QED) is 0.530. The summed E-state index contributed by atoms with van der Waals surface area (Å²) in [5.74, 6) is -0.640. The summed E-state index contributed by atoms with van der Waals surface area (Å²) >= 11 is 6.50. The molecule has 2 amide bonds. The SMILES string of the molecule is CN(Cc1ccc(C(N)=O)cc1)C(=O)c1ccc(-n2ncc3ccccc32)c(Cl)c1. The number of hydrogen-bond acceptors (Lipinski definition) is 3. The number of halogens is 1. The second-order valence-electron chi connectivity index (χ2n) is 7.00. The minimum absolute atomic E-state index is 0.159. The van der Waals surface area contributed by atoms with Gasteiger partial charge >= 0.3 is 0 Å². The van der Waals surface area contributed by atoms with Crippen molar-refractivity contribution >= 4 is 34.3 Å². The Morgan fingerprint density at radius 3 is 2.43 bits per heavy atom. The maximum Gasteiger partial charge on any atom is 0.253 e. The van der Waals surface area contributed by atoms with Crippen molar-refractivity contribution in [1.82, 2.24) is 14.7 Å². The Balaban J connectivity index is 1.54. The van der Waals surface area contributed by atoms with E-state index in [9.17, 15) is 9.59 Å². The summed E-state index contributed by atoms with van der Waals surface area (Å²) in [6, 6.07) is 19.9. The van der Waals surface area contributed by atoms with E-state index in [1.807, 2.05) is 24.3 Å². The fourth-order valence-electron chi connectivity index (χ4n) is 3.32. The number of hydrogen-bond donors (Lipinski definition) is 1. The molecule has 4 aromatic rings. The number of nitrogens with two attached hydrogens (primary N) is 1. The third kappa shape index (κ3) is 3.77. The number of carbonyl (C=O) groups is 2. The van der Waals surface area contributed by atoms with Crippen molar-refractivity contribution < 1.29 is 9.59 Å². The number of amides is 2. The van der Waals surface area contributed by atoms with Gasteiger partial charge in [0.05, 0.1) is 22.4 Å². The van der Waals surface area contributed by atoms with Gasteiger partial charge in [-0.15, -0.1) is 0 Å². The molecule has 2 N–H and O–H groups in total. The monoisotopic (exact) mass is 418 g/mol. The van der Waals surface area contributed by atoms with Crippen LogP contribution in [0.25, 0.3) is 16.6 Å². The second-order valence-corrected chi connectivity index (χ2v) is 7.41. The van der Waals surface area contributed by atoms with Crippen LogP contribution in [0.2, 0.25) is 5.02 Å². The van der Waals surface area contributed by atoms with E-state index < -0.39 is 5.91 Å². The number of primary amides is 1. The van der Waals surface area contributed by atoms with Crippen molar-refractivity contribution in [1.29, 1.82) is 0 Å². The van der Waals surface area contributed by atoms with E-state index in [0.717, 1.165) is 16.5 Å². The highest BCUT2D eigenvalue weighted by Gasteiger charge is 2.16. The van der Waals surface area contributed by atoms with Crippen molar-refractivity contribution in [2.75, 3.05) is 7.05 Å². The van der Waals surface area contributed by atoms with Crippen LogP contribution in [-0.2, 0) is 6.54 Å². The van der Waals surface area contributed by atoms with E-state index in [2.05, 4.69) is 5.10 Å². The van der Waals surface area contributed by atoms with E-state index >= 15 is 0 Å². The van der Waals surface area contributed by atoms with Crippen LogP contribution in [0.3, 0.4) is 0 Å². The Hall–Kier alpha value is -3.64. The van der Waals surface area contributed by atoms with Crippen molar-refractivity contribution in [2.45, 2.75) is 6.54 Å². The van der Waals surface area contributed by atoms with Gasteiger partial charge in [0.25, 0.3) is 5.91 Å². The fourth-order valence-corrected chi connectivity index (χ4v) is 3.58. The zero-order valence-electron chi connectivity index (χ0n) is 16.2. The molecule has 0 bridgehead atoms. The lowest BCUT2D eigenvalue weighted by atomic mass is 10.1. The number of nitrogens with zero attached hydrogens (tertiary/aromatic N) is 3. The highest BCUT2D eigenvalue weighted by molar-refractivity contribution is 6.32. The zero-order chi connectivity index (χ0) is 21.3. The lowest BCUT2D eigenvalue weighted by Crippen LogP contribution is -2.26. The van der Waals surface area contributed by atoms with Crippen LogP contribution in [-0.4, -0.2) is 33.5 Å². The molecule has 0 aliphatic carbocycles. The van der Waals surface area contributed by atoms with E-state index in [-0.39, 0.29) is 5.91 Å². The Morgan fingerprint density at radius 2 is 1.73 bits per heavy atom. The molecule has 0 fully saturated rings. The topological polar surface area (TPSA) is 81.2 Å². The van der Waals surface area contributed by atoms with E-state index in [1.165, 1.54) is 0 Å². The molecule has 0 saturated heterocycles. The summed E-state index contributed by atoms with van der Waals surface area (Å²) in [6.07, 6.45) is 1.78. The summed E-state index contributed by atoms with van der Waals surface area (Å²) in [4.78, 5) is 25.6. The van der Waals surface area contributed by atoms with Gasteiger partial charge in [-0.1, -0.05) is 41.9 Å². The number of fused-ring (bicyclic) bond motifs is 1. The van der Waals surface area contributed by atoms with Gasteiger partial charge in [-0.25, -0.2) is 4.68 Å². The van der Waals surface area contributed by atoms with Gasteiger partial charge in [0, 0.05) is 30.1 Å². The number of benzene rings is 3. The molecule has 1 heterocycles. The molecule has 0 radical (unpaired) electrons. The first-order chi connectivity index (χ1) is 14.4. The first-order valence-electron chi connectivity index (χ1n) is 9.31. The maximum atomic E-state index is 12.9. The number of aromatic nitrogens is 2. The van der Waals surface area contributed by atoms with Crippen molar-refractivity contribution in [3.05, 3.63) is 94.6 Å². The molecule has 6 nitrogen and oxygen atoms in total. The van der Waals surface area contributed by atoms with Gasteiger partial charge < -0.3 is 10.6 Å². The van der Waals surface area contributed by atoms with Gasteiger partial charge in [-0.3, -0.25) is 9.59 Å². The summed E-state index contributed by atoms with van der Waals surface area (Å²) in [5.41, 5.74) is 8.71. The molecule has 4 rings (SSSR count). The van der Waals surface area contributed by atoms with Gasteiger partial charge in [-0.05, 0) is 42.0 Å². The molecule has 0 spiro atoms. The van der Waals surface area contributed by atoms with Gasteiger partial charge in [0.2, 0.25) is 5.91 Å². The lowest BCUT2D eigenvalue weighted by Gasteiger charge is -2.18. The van der Waals surface area contributed by atoms with Crippen molar-refractivity contribution in [3.63, 3.8) is 0 Å². The fraction of sp³-hybridized carbons (Fsp3) is 0.0870. The maximum absolute atomic E-state index is 12.9. The molecular formula is C23H19ClN4O2. The molecule has 30 heavy (non-hydrogen) atoms. The third-order valence-electron chi connectivity index (χ3n) is 4.90. The summed E-state index contributed by atoms with van der Waals surface area (Å²) in [5, 5.41) is 5.86. The highest BCUT2D eigenvalue weighted by atomic mass is 35.5. The molecule has 7 heteroatoms. The highest BCUT2D eigenvalue weighted by Crippen LogP contribution is 2.26. The second kappa shape index (κ2) is 8.00. The molecule has 150 valence electrons. The Kier molecular flexibility index (Phi) is 5.25. The third-order valence-corrected chi connectivity index (χ3v) is 5.21. The summed E-state index contributed by atoms with van der Waals surface area (Å²) < 4.78 is 1.76. The molecule has 0 unspecified atom stereocenters. The predicted molar refractivity (Wildman–Crippen MR) is 117 cm³/mol.